The van der Waals surface area contributed by atoms with Crippen LogP contribution in [0, 0.1) is 5.92 Å². The molecule has 0 aliphatic rings. The minimum absolute atomic E-state index is 0.00690. The fourth-order valence-corrected chi connectivity index (χ4v) is 2.86. The molecule has 0 radical (unpaired) electrons. The first-order valence-electron chi connectivity index (χ1n) is 9.31. The molecule has 1 aromatic heterocycles. The van der Waals surface area contributed by atoms with Crippen molar-refractivity contribution in [3.63, 3.8) is 0 Å². The Hall–Kier alpha value is -3.74. The highest BCUT2D eigenvalue weighted by molar-refractivity contribution is 6.12. The standard InChI is InChI=1S/C22H23N5O2/c1-14(2)12-20(28)25-16-8-9-19-18(13-16)17(10-11-24-19)21(29)27-22(23)26-15-6-4-3-5-7-15/h3-11,13-14H,12H2,1-2H3,(H,25,28)(H3,23,26,27,29). The maximum atomic E-state index is 12.8. The van der Waals surface area contributed by atoms with Crippen molar-refractivity contribution in [2.24, 2.45) is 16.6 Å². The molecule has 7 heteroatoms. The molecule has 3 rings (SSSR count). The molecule has 0 unspecified atom stereocenters. The summed E-state index contributed by atoms with van der Waals surface area (Å²) in [5.74, 6) is -0.230. The maximum absolute atomic E-state index is 12.8. The number of para-hydroxylation sites is 1. The number of nitrogens with zero attached hydrogens (tertiary/aromatic N) is 2. The lowest BCUT2D eigenvalue weighted by molar-refractivity contribution is -0.116. The second-order valence-corrected chi connectivity index (χ2v) is 7.02. The van der Waals surface area contributed by atoms with E-state index in [0.29, 0.717) is 34.3 Å². The van der Waals surface area contributed by atoms with Crippen LogP contribution in [0.2, 0.25) is 0 Å². The largest absolute Gasteiger partial charge is 0.369 e. The van der Waals surface area contributed by atoms with Crippen LogP contribution in [0.4, 0.5) is 11.4 Å². The predicted octanol–water partition coefficient (Wildman–Crippen LogP) is 3.60. The van der Waals surface area contributed by atoms with Gasteiger partial charge in [0.15, 0.2) is 0 Å². The number of guanidine groups is 1. The highest BCUT2D eigenvalue weighted by Crippen LogP contribution is 2.22. The van der Waals surface area contributed by atoms with E-state index in [-0.39, 0.29) is 17.8 Å². The van der Waals surface area contributed by atoms with Crippen molar-refractivity contribution in [3.8, 4) is 0 Å². The van der Waals surface area contributed by atoms with Crippen LogP contribution in [0.3, 0.4) is 0 Å². The Balaban J connectivity index is 1.84. The molecule has 0 atom stereocenters. The number of amides is 2. The van der Waals surface area contributed by atoms with Gasteiger partial charge in [0.2, 0.25) is 11.9 Å². The van der Waals surface area contributed by atoms with Gasteiger partial charge in [-0.3, -0.25) is 19.9 Å². The van der Waals surface area contributed by atoms with Gasteiger partial charge in [0.25, 0.3) is 5.91 Å². The number of fused-ring (bicyclic) bond motifs is 1. The smallest absolute Gasteiger partial charge is 0.258 e. The van der Waals surface area contributed by atoms with Crippen LogP contribution in [-0.4, -0.2) is 22.8 Å². The van der Waals surface area contributed by atoms with E-state index in [4.69, 9.17) is 5.73 Å². The van der Waals surface area contributed by atoms with Gasteiger partial charge in [0.05, 0.1) is 16.8 Å². The average molecular weight is 389 g/mol. The Bertz CT molecular complexity index is 1060. The molecule has 2 amide bonds. The van der Waals surface area contributed by atoms with Crippen LogP contribution in [0.1, 0.15) is 30.6 Å². The van der Waals surface area contributed by atoms with Gasteiger partial charge in [-0.2, -0.15) is 0 Å². The highest BCUT2D eigenvalue weighted by atomic mass is 16.2. The van der Waals surface area contributed by atoms with Gasteiger partial charge < -0.3 is 11.1 Å². The zero-order chi connectivity index (χ0) is 20.8. The number of anilines is 1. The molecule has 0 spiro atoms. The van der Waals surface area contributed by atoms with Crippen molar-refractivity contribution in [2.75, 3.05) is 5.32 Å². The van der Waals surface area contributed by atoms with Crippen molar-refractivity contribution in [1.29, 1.82) is 0 Å². The first kappa shape index (κ1) is 20.0. The Labute approximate surface area is 169 Å². The van der Waals surface area contributed by atoms with Gasteiger partial charge in [0, 0.05) is 23.7 Å². The Morgan fingerprint density at radius 1 is 1.10 bits per heavy atom. The Kier molecular flexibility index (Phi) is 6.19. The number of nitrogens with one attached hydrogen (secondary N) is 2. The number of hydrogen-bond donors (Lipinski definition) is 3. The molecule has 1 heterocycles. The number of benzene rings is 2. The van der Waals surface area contributed by atoms with Crippen LogP contribution in [0.15, 0.2) is 65.8 Å². The summed E-state index contributed by atoms with van der Waals surface area (Å²) < 4.78 is 0. The van der Waals surface area contributed by atoms with E-state index in [2.05, 4.69) is 20.6 Å². The number of pyridine rings is 1. The molecule has 0 aliphatic carbocycles. The van der Waals surface area contributed by atoms with Crippen molar-refractivity contribution >= 4 is 40.1 Å². The third kappa shape index (κ3) is 5.38. The first-order chi connectivity index (χ1) is 13.9. The molecule has 148 valence electrons. The Morgan fingerprint density at radius 2 is 1.86 bits per heavy atom. The van der Waals surface area contributed by atoms with Gasteiger partial charge in [-0.15, -0.1) is 0 Å². The minimum atomic E-state index is -0.403. The molecule has 0 saturated carbocycles. The summed E-state index contributed by atoms with van der Waals surface area (Å²) in [5, 5.41) is 6.07. The minimum Gasteiger partial charge on any atom is -0.369 e. The second-order valence-electron chi connectivity index (χ2n) is 7.02. The van der Waals surface area contributed by atoms with Gasteiger partial charge in [-0.25, -0.2) is 4.99 Å². The molecule has 3 aromatic rings. The van der Waals surface area contributed by atoms with Crippen LogP contribution in [0.25, 0.3) is 10.9 Å². The number of carbonyl (C=O) groups excluding carboxylic acids is 2. The molecule has 0 aliphatic heterocycles. The van der Waals surface area contributed by atoms with Gasteiger partial charge in [-0.05, 0) is 42.3 Å². The lowest BCUT2D eigenvalue weighted by Gasteiger charge is -2.10. The van der Waals surface area contributed by atoms with Crippen LogP contribution in [0.5, 0.6) is 0 Å². The molecule has 29 heavy (non-hydrogen) atoms. The zero-order valence-corrected chi connectivity index (χ0v) is 16.3. The summed E-state index contributed by atoms with van der Waals surface area (Å²) >= 11 is 0. The summed E-state index contributed by atoms with van der Waals surface area (Å²) in [6.45, 7) is 3.96. The van der Waals surface area contributed by atoms with E-state index in [9.17, 15) is 9.59 Å². The zero-order valence-electron chi connectivity index (χ0n) is 16.3. The molecular formula is C22H23N5O2. The third-order valence-corrected chi connectivity index (χ3v) is 4.11. The third-order valence-electron chi connectivity index (χ3n) is 4.11. The summed E-state index contributed by atoms with van der Waals surface area (Å²) in [4.78, 5) is 33.3. The molecule has 0 fully saturated rings. The number of hydrogen-bond acceptors (Lipinski definition) is 4. The van der Waals surface area contributed by atoms with E-state index in [0.717, 1.165) is 0 Å². The van der Waals surface area contributed by atoms with Crippen LogP contribution < -0.4 is 16.4 Å². The average Bonchev–Trinajstić information content (AvgIpc) is 2.67. The van der Waals surface area contributed by atoms with Gasteiger partial charge in [-0.1, -0.05) is 32.0 Å². The number of carbonyl (C=O) groups is 2. The van der Waals surface area contributed by atoms with Crippen LogP contribution in [-0.2, 0) is 4.79 Å². The quantitative estimate of drug-likeness (QED) is 0.457. The fraction of sp³-hybridized carbons (Fsp3) is 0.182. The number of aliphatic imine (C=N–C) groups is 1. The fourth-order valence-electron chi connectivity index (χ4n) is 2.86. The lowest BCUT2D eigenvalue weighted by Crippen LogP contribution is -2.36. The van der Waals surface area contributed by atoms with Crippen molar-refractivity contribution in [1.82, 2.24) is 10.3 Å². The lowest BCUT2D eigenvalue weighted by atomic mass is 10.1. The predicted molar refractivity (Wildman–Crippen MR) is 115 cm³/mol. The van der Waals surface area contributed by atoms with Crippen molar-refractivity contribution in [2.45, 2.75) is 20.3 Å². The molecule has 4 N–H and O–H groups in total. The molecule has 0 saturated heterocycles. The van der Waals surface area contributed by atoms with Crippen molar-refractivity contribution in [3.05, 3.63) is 66.4 Å². The van der Waals surface area contributed by atoms with Gasteiger partial charge >= 0.3 is 0 Å². The summed E-state index contributed by atoms with van der Waals surface area (Å²) in [7, 11) is 0. The monoisotopic (exact) mass is 389 g/mol. The number of aromatic nitrogens is 1. The maximum Gasteiger partial charge on any atom is 0.258 e. The van der Waals surface area contributed by atoms with E-state index in [1.807, 2.05) is 32.0 Å². The number of rotatable bonds is 5. The summed E-state index contributed by atoms with van der Waals surface area (Å²) in [6.07, 6.45) is 1.98. The van der Waals surface area contributed by atoms with Gasteiger partial charge in [0.1, 0.15) is 0 Å². The van der Waals surface area contributed by atoms with Crippen LogP contribution >= 0.6 is 0 Å². The Morgan fingerprint density at radius 3 is 2.59 bits per heavy atom. The summed E-state index contributed by atoms with van der Waals surface area (Å²) in [6, 6.07) is 16.0. The second kappa shape index (κ2) is 8.97. The SMILES string of the molecule is CC(C)CC(=O)Nc1ccc2nccc(C(=O)NC(N)=Nc3ccccc3)c2c1. The van der Waals surface area contributed by atoms with E-state index in [1.165, 1.54) is 0 Å². The molecule has 2 aromatic carbocycles. The highest BCUT2D eigenvalue weighted by Gasteiger charge is 2.13. The van der Waals surface area contributed by atoms with E-state index >= 15 is 0 Å². The first-order valence-corrected chi connectivity index (χ1v) is 9.31. The molecule has 0 bridgehead atoms. The summed E-state index contributed by atoms with van der Waals surface area (Å²) in [5.41, 5.74) is 8.15. The van der Waals surface area contributed by atoms with E-state index in [1.54, 1.807) is 42.6 Å². The number of nitrogens with two attached hydrogens (primary N) is 1. The molecule has 7 nitrogen and oxygen atoms in total. The topological polar surface area (TPSA) is 109 Å². The normalized spacial score (nSPS) is 11.5. The van der Waals surface area contributed by atoms with E-state index < -0.39 is 5.91 Å². The van der Waals surface area contributed by atoms with Crippen molar-refractivity contribution < 1.29 is 9.59 Å². The molecular weight excluding hydrogens is 366 g/mol.